The Balaban J connectivity index is 1.35. The van der Waals surface area contributed by atoms with Crippen molar-refractivity contribution in [1.82, 2.24) is 15.1 Å². The number of hydrogen-bond acceptors (Lipinski definition) is 3. The highest BCUT2D eigenvalue weighted by molar-refractivity contribution is 5.94. The summed E-state index contributed by atoms with van der Waals surface area (Å²) in [6, 6.07) is 7.23. The molecule has 0 aliphatic carbocycles. The normalized spacial score (nSPS) is 26.6. The van der Waals surface area contributed by atoms with E-state index in [0.717, 1.165) is 24.0 Å². The highest BCUT2D eigenvalue weighted by Gasteiger charge is 2.41. The first kappa shape index (κ1) is 17.6. The van der Waals surface area contributed by atoms with Crippen molar-refractivity contribution in [3.8, 4) is 12.3 Å². The fraction of sp³-hybridized carbons (Fsp3) is 0.476. The zero-order valence-corrected chi connectivity index (χ0v) is 15.2. The van der Waals surface area contributed by atoms with Crippen LogP contribution in [0.5, 0.6) is 0 Å². The molecule has 3 amide bonds. The number of terminal acetylenes is 1. The molecule has 3 atom stereocenters. The molecular weight excluding hydrogens is 342 g/mol. The SMILES string of the molecule is C#CC1CCCN1C(=O)[C@@H]1C[C@@H](CC(=O)N2Cc3ccccc3C2)C(=O)N1. The second-order valence-corrected chi connectivity index (χ2v) is 7.57. The van der Waals surface area contributed by atoms with Gasteiger partial charge in [0.25, 0.3) is 0 Å². The Hall–Kier alpha value is -2.81. The first-order chi connectivity index (χ1) is 13.1. The van der Waals surface area contributed by atoms with Gasteiger partial charge >= 0.3 is 0 Å². The molecule has 1 aromatic carbocycles. The summed E-state index contributed by atoms with van der Waals surface area (Å²) in [7, 11) is 0. The van der Waals surface area contributed by atoms with E-state index in [1.165, 1.54) is 0 Å². The highest BCUT2D eigenvalue weighted by Crippen LogP contribution is 2.27. The number of nitrogens with zero attached hydrogens (tertiary/aromatic N) is 2. The summed E-state index contributed by atoms with van der Waals surface area (Å²) >= 11 is 0. The predicted octanol–water partition coefficient (Wildman–Crippen LogP) is 1.05. The van der Waals surface area contributed by atoms with Gasteiger partial charge < -0.3 is 15.1 Å². The number of likely N-dealkylation sites (tertiary alicyclic amines) is 1. The number of carbonyl (C=O) groups is 3. The van der Waals surface area contributed by atoms with Crippen molar-refractivity contribution in [1.29, 1.82) is 0 Å². The number of hydrogen-bond donors (Lipinski definition) is 1. The lowest BCUT2D eigenvalue weighted by Crippen LogP contribution is -2.46. The van der Waals surface area contributed by atoms with E-state index in [9.17, 15) is 14.4 Å². The van der Waals surface area contributed by atoms with Crippen LogP contribution in [-0.4, -0.2) is 46.1 Å². The van der Waals surface area contributed by atoms with Crippen LogP contribution < -0.4 is 5.32 Å². The largest absolute Gasteiger partial charge is 0.344 e. The van der Waals surface area contributed by atoms with Crippen molar-refractivity contribution in [2.24, 2.45) is 5.92 Å². The van der Waals surface area contributed by atoms with Crippen LogP contribution in [0.1, 0.15) is 36.8 Å². The zero-order chi connectivity index (χ0) is 19.0. The summed E-state index contributed by atoms with van der Waals surface area (Å²) in [5.74, 6) is 1.82. The average molecular weight is 365 g/mol. The molecule has 0 spiro atoms. The predicted molar refractivity (Wildman–Crippen MR) is 98.9 cm³/mol. The molecule has 6 nitrogen and oxygen atoms in total. The van der Waals surface area contributed by atoms with Gasteiger partial charge in [0.1, 0.15) is 6.04 Å². The van der Waals surface area contributed by atoms with Gasteiger partial charge in [-0.05, 0) is 30.4 Å². The van der Waals surface area contributed by atoms with Crippen molar-refractivity contribution in [2.75, 3.05) is 6.54 Å². The highest BCUT2D eigenvalue weighted by atomic mass is 16.2. The zero-order valence-electron chi connectivity index (χ0n) is 15.2. The number of fused-ring (bicyclic) bond motifs is 1. The van der Waals surface area contributed by atoms with Crippen LogP contribution in [0, 0.1) is 18.3 Å². The molecule has 2 fully saturated rings. The molecule has 27 heavy (non-hydrogen) atoms. The van der Waals surface area contributed by atoms with Gasteiger partial charge in [-0.3, -0.25) is 14.4 Å². The topological polar surface area (TPSA) is 69.7 Å². The second-order valence-electron chi connectivity index (χ2n) is 7.57. The van der Waals surface area contributed by atoms with Gasteiger partial charge in [-0.1, -0.05) is 30.2 Å². The van der Waals surface area contributed by atoms with Crippen molar-refractivity contribution in [3.63, 3.8) is 0 Å². The van der Waals surface area contributed by atoms with Crippen molar-refractivity contribution in [2.45, 2.75) is 50.9 Å². The Labute approximate surface area is 158 Å². The fourth-order valence-corrected chi connectivity index (χ4v) is 4.33. The minimum absolute atomic E-state index is 0.0397. The molecule has 1 N–H and O–H groups in total. The second kappa shape index (κ2) is 7.07. The molecule has 6 heteroatoms. The number of rotatable bonds is 3. The van der Waals surface area contributed by atoms with E-state index in [-0.39, 0.29) is 30.2 Å². The van der Waals surface area contributed by atoms with Crippen LogP contribution in [0.25, 0.3) is 0 Å². The quantitative estimate of drug-likeness (QED) is 0.814. The van der Waals surface area contributed by atoms with E-state index >= 15 is 0 Å². The lowest BCUT2D eigenvalue weighted by Gasteiger charge is -2.24. The molecule has 0 radical (unpaired) electrons. The summed E-state index contributed by atoms with van der Waals surface area (Å²) in [6.45, 7) is 1.81. The molecule has 2 saturated heterocycles. The molecule has 140 valence electrons. The van der Waals surface area contributed by atoms with Crippen molar-refractivity contribution in [3.05, 3.63) is 35.4 Å². The minimum atomic E-state index is -0.569. The van der Waals surface area contributed by atoms with E-state index in [1.54, 1.807) is 9.80 Å². The molecule has 0 aromatic heterocycles. The lowest BCUT2D eigenvalue weighted by molar-refractivity contribution is -0.135. The van der Waals surface area contributed by atoms with Crippen LogP contribution >= 0.6 is 0 Å². The molecule has 0 saturated carbocycles. The first-order valence-electron chi connectivity index (χ1n) is 9.48. The summed E-state index contributed by atoms with van der Waals surface area (Å²) in [4.78, 5) is 41.2. The van der Waals surface area contributed by atoms with E-state index in [4.69, 9.17) is 6.42 Å². The Morgan fingerprint density at radius 1 is 1.22 bits per heavy atom. The summed E-state index contributed by atoms with van der Waals surface area (Å²) in [5, 5.41) is 2.77. The van der Waals surface area contributed by atoms with Gasteiger partial charge in [0.05, 0.1) is 6.04 Å². The summed E-state index contributed by atoms with van der Waals surface area (Å²) in [5.41, 5.74) is 2.31. The maximum atomic E-state index is 12.7. The van der Waals surface area contributed by atoms with Gasteiger partial charge in [-0.15, -0.1) is 6.42 Å². The van der Waals surface area contributed by atoms with Gasteiger partial charge in [0, 0.05) is 32.0 Å². The van der Waals surface area contributed by atoms with Crippen molar-refractivity contribution >= 4 is 17.7 Å². The summed E-state index contributed by atoms with van der Waals surface area (Å²) in [6.07, 6.45) is 7.70. The Bertz CT molecular complexity index is 803. The van der Waals surface area contributed by atoms with Crippen molar-refractivity contribution < 1.29 is 14.4 Å². The van der Waals surface area contributed by atoms with Gasteiger partial charge in [0.15, 0.2) is 0 Å². The van der Waals surface area contributed by atoms with Crippen LogP contribution in [0.3, 0.4) is 0 Å². The standard InChI is InChI=1S/C21H23N3O3/c1-2-17-8-5-9-24(17)21(27)18-10-16(20(26)22-18)11-19(25)23-12-14-6-3-4-7-15(14)13-23/h1,3-4,6-7,16-18H,5,8-13H2,(H,22,26)/t16-,17?,18-/m0/s1. The molecule has 3 heterocycles. The van der Waals surface area contributed by atoms with E-state index in [1.807, 2.05) is 24.3 Å². The third-order valence-corrected chi connectivity index (χ3v) is 5.85. The lowest BCUT2D eigenvalue weighted by atomic mass is 9.99. The minimum Gasteiger partial charge on any atom is -0.344 e. The molecule has 3 aliphatic heterocycles. The smallest absolute Gasteiger partial charge is 0.246 e. The van der Waals surface area contributed by atoms with E-state index in [0.29, 0.717) is 26.1 Å². The molecule has 4 rings (SSSR count). The van der Waals surface area contributed by atoms with Crippen LogP contribution in [0.15, 0.2) is 24.3 Å². The monoisotopic (exact) mass is 365 g/mol. The number of nitrogens with one attached hydrogen (secondary N) is 1. The molecular formula is C21H23N3O3. The molecule has 1 aromatic rings. The molecule has 1 unspecified atom stereocenters. The van der Waals surface area contributed by atoms with E-state index < -0.39 is 12.0 Å². The third-order valence-electron chi connectivity index (χ3n) is 5.85. The van der Waals surface area contributed by atoms with E-state index in [2.05, 4.69) is 11.2 Å². The Morgan fingerprint density at radius 2 is 1.93 bits per heavy atom. The number of amides is 3. The Morgan fingerprint density at radius 3 is 2.59 bits per heavy atom. The molecule has 0 bridgehead atoms. The fourth-order valence-electron chi connectivity index (χ4n) is 4.33. The van der Waals surface area contributed by atoms with Gasteiger partial charge in [-0.2, -0.15) is 0 Å². The number of benzene rings is 1. The summed E-state index contributed by atoms with van der Waals surface area (Å²) < 4.78 is 0. The third kappa shape index (κ3) is 3.30. The number of carbonyl (C=O) groups excluding carboxylic acids is 3. The maximum absolute atomic E-state index is 12.7. The van der Waals surface area contributed by atoms with Gasteiger partial charge in [0.2, 0.25) is 17.7 Å². The van der Waals surface area contributed by atoms with Crippen LogP contribution in [0.4, 0.5) is 0 Å². The van der Waals surface area contributed by atoms with Gasteiger partial charge in [-0.25, -0.2) is 0 Å². The molecule has 3 aliphatic rings. The maximum Gasteiger partial charge on any atom is 0.246 e. The van der Waals surface area contributed by atoms with Crippen LogP contribution in [-0.2, 0) is 27.5 Å². The average Bonchev–Trinajstić information content (AvgIpc) is 3.39. The first-order valence-corrected chi connectivity index (χ1v) is 9.48. The van der Waals surface area contributed by atoms with Crippen LogP contribution in [0.2, 0.25) is 0 Å². The Kier molecular flexibility index (Phi) is 4.61.